The average molecular weight is 408 g/mol. The van der Waals surface area contributed by atoms with Crippen molar-refractivity contribution in [2.45, 2.75) is 38.8 Å². The van der Waals surface area contributed by atoms with Crippen LogP contribution in [0.4, 0.5) is 11.4 Å². The summed E-state index contributed by atoms with van der Waals surface area (Å²) in [7, 11) is 0. The van der Waals surface area contributed by atoms with Gasteiger partial charge < -0.3 is 19.7 Å². The molecule has 2 aromatic rings. The van der Waals surface area contributed by atoms with Crippen LogP contribution in [0.25, 0.3) is 0 Å². The molecule has 2 aromatic carbocycles. The molecule has 0 aliphatic carbocycles. The molecule has 1 amide bonds. The van der Waals surface area contributed by atoms with Gasteiger partial charge in [0, 0.05) is 12.1 Å². The van der Waals surface area contributed by atoms with Crippen LogP contribution in [0.1, 0.15) is 47.4 Å². The van der Waals surface area contributed by atoms with E-state index in [1.54, 1.807) is 43.3 Å². The SMILES string of the molecule is CCOc1ccc(C(=O)[C@H](C)OC(=O)c2ccc3c(c2)NC(=O)[C@@H]2CCCN32)cc1. The Kier molecular flexibility index (Phi) is 5.44. The lowest BCUT2D eigenvalue weighted by Gasteiger charge is -2.33. The number of amides is 1. The van der Waals surface area contributed by atoms with Crippen molar-refractivity contribution in [3.63, 3.8) is 0 Å². The second-order valence-corrected chi connectivity index (χ2v) is 7.44. The Morgan fingerprint density at radius 3 is 2.63 bits per heavy atom. The van der Waals surface area contributed by atoms with Crippen molar-refractivity contribution in [1.82, 2.24) is 0 Å². The van der Waals surface area contributed by atoms with Crippen LogP contribution in [0.3, 0.4) is 0 Å². The third kappa shape index (κ3) is 3.75. The maximum atomic E-state index is 12.6. The van der Waals surface area contributed by atoms with Gasteiger partial charge in [0.05, 0.1) is 23.5 Å². The fourth-order valence-corrected chi connectivity index (χ4v) is 3.96. The summed E-state index contributed by atoms with van der Waals surface area (Å²) >= 11 is 0. The molecule has 4 rings (SSSR count). The highest BCUT2D eigenvalue weighted by Gasteiger charge is 2.36. The number of ketones is 1. The van der Waals surface area contributed by atoms with E-state index in [4.69, 9.17) is 9.47 Å². The molecule has 7 nitrogen and oxygen atoms in total. The molecule has 0 bridgehead atoms. The minimum atomic E-state index is -0.941. The zero-order chi connectivity index (χ0) is 21.3. The van der Waals surface area contributed by atoms with Gasteiger partial charge in [0.2, 0.25) is 11.7 Å². The maximum Gasteiger partial charge on any atom is 0.338 e. The molecule has 0 unspecified atom stereocenters. The van der Waals surface area contributed by atoms with E-state index in [0.29, 0.717) is 23.6 Å². The summed E-state index contributed by atoms with van der Waals surface area (Å²) in [5.41, 5.74) is 2.24. The van der Waals surface area contributed by atoms with Gasteiger partial charge in [0.15, 0.2) is 6.10 Å². The molecule has 156 valence electrons. The molecule has 30 heavy (non-hydrogen) atoms. The topological polar surface area (TPSA) is 84.9 Å². The van der Waals surface area contributed by atoms with E-state index in [-0.39, 0.29) is 23.3 Å². The molecule has 0 radical (unpaired) electrons. The van der Waals surface area contributed by atoms with Crippen LogP contribution in [0.2, 0.25) is 0 Å². The van der Waals surface area contributed by atoms with Crippen LogP contribution in [0, 0.1) is 0 Å². The number of carbonyl (C=O) groups is 3. The molecular weight excluding hydrogens is 384 g/mol. The second kappa shape index (κ2) is 8.18. The van der Waals surface area contributed by atoms with Gasteiger partial charge in [-0.2, -0.15) is 0 Å². The predicted octanol–water partition coefficient (Wildman–Crippen LogP) is 3.43. The first-order chi connectivity index (χ1) is 14.5. The van der Waals surface area contributed by atoms with Crippen molar-refractivity contribution >= 4 is 29.0 Å². The number of benzene rings is 2. The smallest absolute Gasteiger partial charge is 0.338 e. The van der Waals surface area contributed by atoms with Crippen LogP contribution < -0.4 is 15.0 Å². The molecule has 1 fully saturated rings. The lowest BCUT2D eigenvalue weighted by atomic mass is 10.1. The molecular formula is C23H24N2O5. The van der Waals surface area contributed by atoms with Crippen molar-refractivity contribution in [2.75, 3.05) is 23.4 Å². The van der Waals surface area contributed by atoms with Crippen molar-refractivity contribution in [2.24, 2.45) is 0 Å². The number of nitrogens with one attached hydrogen (secondary N) is 1. The van der Waals surface area contributed by atoms with Gasteiger partial charge in [-0.15, -0.1) is 0 Å². The van der Waals surface area contributed by atoms with Crippen molar-refractivity contribution in [3.8, 4) is 5.75 Å². The quantitative estimate of drug-likeness (QED) is 0.582. The van der Waals surface area contributed by atoms with Crippen molar-refractivity contribution < 1.29 is 23.9 Å². The van der Waals surface area contributed by atoms with Gasteiger partial charge in [0.1, 0.15) is 11.8 Å². The first kappa shape index (κ1) is 19.9. The number of ether oxygens (including phenoxy) is 2. The average Bonchev–Trinajstić information content (AvgIpc) is 3.24. The summed E-state index contributed by atoms with van der Waals surface area (Å²) in [6.07, 6.45) is 0.858. The standard InChI is InChI=1S/C23H24N2O5/c1-3-29-17-9-6-15(7-10-17)21(26)14(2)30-23(28)16-8-11-19-18(13-16)24-22(27)20-5-4-12-25(19)20/h6-11,13-14,20H,3-5,12H2,1-2H3,(H,24,27)/t14-,20-/m0/s1. The van der Waals surface area contributed by atoms with E-state index in [9.17, 15) is 14.4 Å². The number of Topliss-reactive ketones (excluding diaryl/α,β-unsaturated/α-hetero) is 1. The molecule has 0 aromatic heterocycles. The summed E-state index contributed by atoms with van der Waals surface area (Å²) in [5.74, 6) is -0.278. The van der Waals surface area contributed by atoms with E-state index in [1.165, 1.54) is 0 Å². The van der Waals surface area contributed by atoms with Gasteiger partial charge in [0.25, 0.3) is 0 Å². The van der Waals surface area contributed by atoms with E-state index >= 15 is 0 Å². The Balaban J connectivity index is 1.45. The molecule has 1 saturated heterocycles. The zero-order valence-electron chi connectivity index (χ0n) is 17.0. The van der Waals surface area contributed by atoms with E-state index in [0.717, 1.165) is 25.1 Å². The zero-order valence-corrected chi connectivity index (χ0v) is 17.0. The Morgan fingerprint density at radius 1 is 1.17 bits per heavy atom. The number of nitrogens with zero attached hydrogens (tertiary/aromatic N) is 1. The fraction of sp³-hybridized carbons (Fsp3) is 0.348. The Labute approximate surface area is 175 Å². The number of fused-ring (bicyclic) bond motifs is 3. The number of esters is 1. The lowest BCUT2D eigenvalue weighted by molar-refractivity contribution is -0.117. The van der Waals surface area contributed by atoms with Crippen molar-refractivity contribution in [1.29, 1.82) is 0 Å². The molecule has 7 heteroatoms. The molecule has 0 spiro atoms. The molecule has 2 aliphatic rings. The number of carbonyl (C=O) groups excluding carboxylic acids is 3. The number of rotatable bonds is 6. The predicted molar refractivity (Wildman–Crippen MR) is 112 cm³/mol. The van der Waals surface area contributed by atoms with Gasteiger partial charge >= 0.3 is 5.97 Å². The highest BCUT2D eigenvalue weighted by Crippen LogP contribution is 2.37. The van der Waals surface area contributed by atoms with Crippen LogP contribution >= 0.6 is 0 Å². The normalized spacial score (nSPS) is 18.1. The van der Waals surface area contributed by atoms with E-state index < -0.39 is 12.1 Å². The van der Waals surface area contributed by atoms with Gasteiger partial charge in [-0.3, -0.25) is 9.59 Å². The first-order valence-electron chi connectivity index (χ1n) is 10.2. The van der Waals surface area contributed by atoms with Crippen LogP contribution in [-0.2, 0) is 9.53 Å². The molecule has 2 atom stereocenters. The van der Waals surface area contributed by atoms with Gasteiger partial charge in [-0.1, -0.05) is 0 Å². The van der Waals surface area contributed by atoms with E-state index in [2.05, 4.69) is 10.2 Å². The Morgan fingerprint density at radius 2 is 1.90 bits per heavy atom. The second-order valence-electron chi connectivity index (χ2n) is 7.44. The highest BCUT2D eigenvalue weighted by atomic mass is 16.5. The largest absolute Gasteiger partial charge is 0.494 e. The van der Waals surface area contributed by atoms with Crippen LogP contribution in [-0.4, -0.2) is 43.0 Å². The molecule has 1 N–H and O–H groups in total. The Hall–Kier alpha value is -3.35. The summed E-state index contributed by atoms with van der Waals surface area (Å²) < 4.78 is 10.8. The minimum Gasteiger partial charge on any atom is -0.494 e. The van der Waals surface area contributed by atoms with Crippen molar-refractivity contribution in [3.05, 3.63) is 53.6 Å². The number of anilines is 2. The molecule has 2 heterocycles. The Bertz CT molecular complexity index is 986. The summed E-state index contributed by atoms with van der Waals surface area (Å²) in [4.78, 5) is 39.6. The first-order valence-corrected chi connectivity index (χ1v) is 10.2. The van der Waals surface area contributed by atoms with Crippen LogP contribution in [0.15, 0.2) is 42.5 Å². The van der Waals surface area contributed by atoms with Gasteiger partial charge in [-0.25, -0.2) is 4.79 Å². The minimum absolute atomic E-state index is 0.0513. The molecule has 2 aliphatic heterocycles. The molecule has 0 saturated carbocycles. The lowest BCUT2D eigenvalue weighted by Crippen LogP contribution is -2.43. The number of hydrogen-bond donors (Lipinski definition) is 1. The van der Waals surface area contributed by atoms with Crippen LogP contribution in [0.5, 0.6) is 5.75 Å². The van der Waals surface area contributed by atoms with E-state index in [1.807, 2.05) is 13.0 Å². The number of hydrogen-bond acceptors (Lipinski definition) is 6. The highest BCUT2D eigenvalue weighted by molar-refractivity contribution is 6.06. The fourth-order valence-electron chi connectivity index (χ4n) is 3.96. The summed E-state index contributed by atoms with van der Waals surface area (Å²) in [6.45, 7) is 4.80. The summed E-state index contributed by atoms with van der Waals surface area (Å²) in [6, 6.07) is 11.7. The monoisotopic (exact) mass is 408 g/mol. The summed E-state index contributed by atoms with van der Waals surface area (Å²) in [5, 5.41) is 2.88. The third-order valence-corrected chi connectivity index (χ3v) is 5.46. The third-order valence-electron chi connectivity index (χ3n) is 5.46. The van der Waals surface area contributed by atoms with Gasteiger partial charge in [-0.05, 0) is 69.2 Å². The maximum absolute atomic E-state index is 12.6.